The van der Waals surface area contributed by atoms with Crippen molar-refractivity contribution in [3.05, 3.63) is 35.9 Å². The van der Waals surface area contributed by atoms with Crippen molar-refractivity contribution >= 4 is 16.6 Å². The third-order valence-electron chi connectivity index (χ3n) is 6.37. The molecule has 162 valence electrons. The first-order valence-corrected chi connectivity index (χ1v) is 16.2. The van der Waals surface area contributed by atoms with E-state index in [-0.39, 0.29) is 0 Å². The molecule has 0 amide bonds. The Morgan fingerprint density at radius 2 is 1.07 bits per heavy atom. The lowest BCUT2D eigenvalue weighted by Crippen LogP contribution is -2.45. The Labute approximate surface area is 175 Å². The van der Waals surface area contributed by atoms with Crippen molar-refractivity contribution in [2.45, 2.75) is 103 Å². The van der Waals surface area contributed by atoms with Crippen molar-refractivity contribution in [2.75, 3.05) is 0 Å². The van der Waals surface area contributed by atoms with Crippen LogP contribution in [-0.2, 0) is 25.3 Å². The minimum Gasteiger partial charge on any atom is -0.283 e. The van der Waals surface area contributed by atoms with Gasteiger partial charge in [0.2, 0.25) is 22.4 Å². The van der Waals surface area contributed by atoms with E-state index in [4.69, 9.17) is 18.9 Å². The molecule has 0 N–H and O–H groups in total. The van der Waals surface area contributed by atoms with Gasteiger partial charge in [-0.15, -0.1) is 0 Å². The quantitative estimate of drug-likeness (QED) is 0.128. The zero-order valence-corrected chi connectivity index (χ0v) is 21.2. The average Bonchev–Trinajstić information content (AvgIpc) is 2.76. The summed E-state index contributed by atoms with van der Waals surface area (Å²) in [6.07, 6.45) is 1.53. The molecular weight excluding hydrogens is 384 g/mol. The minimum atomic E-state index is -1.88. The second-order valence-corrected chi connectivity index (χ2v) is 17.2. The van der Waals surface area contributed by atoms with Crippen LogP contribution in [0.15, 0.2) is 30.3 Å². The normalized spacial score (nSPS) is 13.1. The highest BCUT2D eigenvalue weighted by Crippen LogP contribution is 2.31. The molecule has 0 heterocycles. The molecule has 28 heavy (non-hydrogen) atoms. The standard InChI is InChI=1S/C22H42O4Si2/c1-8-27(9-2,10-3)25-23-22(7,20-19-21-17-15-14-16-18-21)24-26-28(11-4,12-5)13-6/h14-18H,8-13,19-20H2,1-7H3. The third-order valence-corrected chi connectivity index (χ3v) is 15.0. The highest BCUT2D eigenvalue weighted by Gasteiger charge is 2.39. The summed E-state index contributed by atoms with van der Waals surface area (Å²) in [6.45, 7) is 15.1. The van der Waals surface area contributed by atoms with Gasteiger partial charge in [-0.25, -0.2) is 9.78 Å². The van der Waals surface area contributed by atoms with E-state index in [1.165, 1.54) is 5.56 Å². The predicted molar refractivity (Wildman–Crippen MR) is 122 cm³/mol. The molecule has 0 unspecified atom stereocenters. The zero-order chi connectivity index (χ0) is 21.1. The monoisotopic (exact) mass is 426 g/mol. The average molecular weight is 427 g/mol. The summed E-state index contributed by atoms with van der Waals surface area (Å²) in [6, 6.07) is 16.6. The van der Waals surface area contributed by atoms with E-state index in [0.29, 0.717) is 6.42 Å². The molecule has 0 aliphatic rings. The first-order chi connectivity index (χ1) is 13.4. The Morgan fingerprint density at radius 1 is 0.679 bits per heavy atom. The third kappa shape index (κ3) is 7.39. The van der Waals surface area contributed by atoms with E-state index in [1.807, 2.05) is 13.0 Å². The number of rotatable bonds is 15. The Kier molecular flexibility index (Phi) is 11.2. The molecule has 6 heteroatoms. The summed E-state index contributed by atoms with van der Waals surface area (Å²) in [4.78, 5) is 12.1. The van der Waals surface area contributed by atoms with Crippen LogP contribution in [0.1, 0.15) is 60.5 Å². The first kappa shape index (κ1) is 25.5. The van der Waals surface area contributed by atoms with Gasteiger partial charge in [-0.05, 0) is 55.2 Å². The molecule has 0 aromatic heterocycles. The summed E-state index contributed by atoms with van der Waals surface area (Å²) < 4.78 is 12.3. The summed E-state index contributed by atoms with van der Waals surface area (Å²) in [5.74, 6) is -0.911. The van der Waals surface area contributed by atoms with Crippen LogP contribution in [-0.4, -0.2) is 22.4 Å². The van der Waals surface area contributed by atoms with E-state index in [0.717, 1.165) is 42.7 Å². The molecule has 1 aromatic carbocycles. The zero-order valence-electron chi connectivity index (χ0n) is 19.2. The van der Waals surface area contributed by atoms with Crippen molar-refractivity contribution < 1.29 is 18.9 Å². The maximum atomic E-state index is 6.15. The molecule has 0 aliphatic heterocycles. The molecule has 1 aromatic rings. The second kappa shape index (κ2) is 12.2. The van der Waals surface area contributed by atoms with Crippen LogP contribution in [0.25, 0.3) is 0 Å². The predicted octanol–water partition coefficient (Wildman–Crippen LogP) is 7.24. The minimum absolute atomic E-state index is 0.681. The highest BCUT2D eigenvalue weighted by atomic mass is 28.4. The Balaban J connectivity index is 2.91. The molecule has 0 atom stereocenters. The Bertz CT molecular complexity index is 490. The lowest BCUT2D eigenvalue weighted by Gasteiger charge is -2.36. The first-order valence-electron chi connectivity index (χ1n) is 11.1. The number of benzene rings is 1. The number of hydrogen-bond acceptors (Lipinski definition) is 4. The van der Waals surface area contributed by atoms with Crippen molar-refractivity contribution in [1.82, 2.24) is 0 Å². The van der Waals surface area contributed by atoms with Gasteiger partial charge in [0.15, 0.2) is 0 Å². The molecule has 0 saturated heterocycles. The Hall–Kier alpha value is -0.506. The van der Waals surface area contributed by atoms with E-state index in [9.17, 15) is 0 Å². The molecule has 4 nitrogen and oxygen atoms in total. The molecule has 0 saturated carbocycles. The van der Waals surface area contributed by atoms with Gasteiger partial charge in [-0.1, -0.05) is 71.9 Å². The smallest absolute Gasteiger partial charge is 0.238 e. The van der Waals surface area contributed by atoms with Crippen LogP contribution in [0.4, 0.5) is 0 Å². The van der Waals surface area contributed by atoms with Crippen molar-refractivity contribution in [3.8, 4) is 0 Å². The van der Waals surface area contributed by atoms with Crippen molar-refractivity contribution in [1.29, 1.82) is 0 Å². The summed E-state index contributed by atoms with van der Waals surface area (Å²) in [7, 11) is -3.76. The fourth-order valence-electron chi connectivity index (χ4n) is 3.32. The van der Waals surface area contributed by atoms with Crippen LogP contribution >= 0.6 is 0 Å². The topological polar surface area (TPSA) is 36.9 Å². The van der Waals surface area contributed by atoms with Crippen LogP contribution < -0.4 is 0 Å². The van der Waals surface area contributed by atoms with Crippen molar-refractivity contribution in [2.24, 2.45) is 0 Å². The van der Waals surface area contributed by atoms with E-state index >= 15 is 0 Å². The van der Waals surface area contributed by atoms with Crippen LogP contribution in [0.5, 0.6) is 0 Å². The van der Waals surface area contributed by atoms with Gasteiger partial charge in [0.1, 0.15) is 0 Å². The summed E-state index contributed by atoms with van der Waals surface area (Å²) >= 11 is 0. The maximum absolute atomic E-state index is 6.15. The highest BCUT2D eigenvalue weighted by molar-refractivity contribution is 6.73. The van der Waals surface area contributed by atoms with Gasteiger partial charge in [0, 0.05) is 6.42 Å². The summed E-state index contributed by atoms with van der Waals surface area (Å²) in [5.41, 5.74) is 1.26. The largest absolute Gasteiger partial charge is 0.283 e. The Morgan fingerprint density at radius 3 is 1.43 bits per heavy atom. The van der Waals surface area contributed by atoms with Gasteiger partial charge in [0.05, 0.1) is 0 Å². The second-order valence-electron chi connectivity index (χ2n) is 7.94. The fourth-order valence-corrected chi connectivity index (χ4v) is 7.73. The van der Waals surface area contributed by atoms with Crippen LogP contribution in [0, 0.1) is 0 Å². The fraction of sp³-hybridized carbons (Fsp3) is 0.727. The maximum Gasteiger partial charge on any atom is 0.238 e. The van der Waals surface area contributed by atoms with Gasteiger partial charge in [0.25, 0.3) is 0 Å². The van der Waals surface area contributed by atoms with Gasteiger partial charge in [-0.3, -0.25) is 9.15 Å². The lowest BCUT2D eigenvalue weighted by atomic mass is 10.1. The van der Waals surface area contributed by atoms with Gasteiger partial charge in [-0.2, -0.15) is 0 Å². The van der Waals surface area contributed by atoms with Crippen molar-refractivity contribution in [3.63, 3.8) is 0 Å². The molecule has 0 fully saturated rings. The molecule has 0 bridgehead atoms. The summed E-state index contributed by atoms with van der Waals surface area (Å²) in [5, 5.41) is 0. The van der Waals surface area contributed by atoms with E-state index in [2.05, 4.69) is 65.8 Å². The molecule has 0 spiro atoms. The SMILES string of the molecule is CC[Si](CC)(CC)OOC(C)(CCc1ccccc1)OO[Si](CC)(CC)CC. The van der Waals surface area contributed by atoms with Gasteiger partial charge >= 0.3 is 0 Å². The molecule has 1 rings (SSSR count). The van der Waals surface area contributed by atoms with Crippen LogP contribution in [0.2, 0.25) is 36.3 Å². The lowest BCUT2D eigenvalue weighted by molar-refractivity contribution is -0.462. The van der Waals surface area contributed by atoms with Gasteiger partial charge < -0.3 is 0 Å². The number of aryl methyl sites for hydroxylation is 1. The molecule has 0 radical (unpaired) electrons. The van der Waals surface area contributed by atoms with E-state index < -0.39 is 22.4 Å². The van der Waals surface area contributed by atoms with E-state index in [1.54, 1.807) is 0 Å². The molecule has 0 aliphatic carbocycles. The van der Waals surface area contributed by atoms with Crippen LogP contribution in [0.3, 0.4) is 0 Å². The molecular formula is C22H42O4Si2. The number of hydrogen-bond donors (Lipinski definition) is 0.